The van der Waals surface area contributed by atoms with Crippen molar-refractivity contribution in [2.45, 2.75) is 26.2 Å². The minimum Gasteiger partial charge on any atom is -0.489 e. The first-order valence-corrected chi connectivity index (χ1v) is 11.2. The van der Waals surface area contributed by atoms with E-state index in [2.05, 4.69) is 49.9 Å². The van der Waals surface area contributed by atoms with Crippen LogP contribution in [0.4, 0.5) is 0 Å². The van der Waals surface area contributed by atoms with Crippen LogP contribution in [0.5, 0.6) is 5.75 Å². The Morgan fingerprint density at radius 3 is 2.76 bits per heavy atom. The van der Waals surface area contributed by atoms with Crippen molar-refractivity contribution in [1.82, 2.24) is 0 Å². The van der Waals surface area contributed by atoms with Crippen LogP contribution in [-0.4, -0.2) is 12.5 Å². The van der Waals surface area contributed by atoms with Gasteiger partial charge in [-0.25, -0.2) is 0 Å². The molecule has 0 radical (unpaired) electrons. The van der Waals surface area contributed by atoms with Gasteiger partial charge in [0.15, 0.2) is 0 Å². The van der Waals surface area contributed by atoms with Crippen molar-refractivity contribution in [3.8, 4) is 5.75 Å². The Morgan fingerprint density at radius 1 is 1.12 bits per heavy atom. The van der Waals surface area contributed by atoms with E-state index in [1.54, 1.807) is 6.08 Å². The van der Waals surface area contributed by atoms with Gasteiger partial charge in [0, 0.05) is 6.08 Å². The van der Waals surface area contributed by atoms with E-state index in [-0.39, 0.29) is 0 Å². The van der Waals surface area contributed by atoms with E-state index < -0.39 is 5.91 Å². The molecule has 0 spiro atoms. The summed E-state index contributed by atoms with van der Waals surface area (Å²) in [6.45, 7) is 6.64. The average molecular weight is 438 g/mol. The van der Waals surface area contributed by atoms with Crippen LogP contribution in [-0.2, 0) is 11.2 Å². The van der Waals surface area contributed by atoms with Crippen LogP contribution >= 0.6 is 0 Å². The fraction of sp³-hybridized carbons (Fsp3) is 0.167. The SMILES string of the molecule is C=c1cccc/c1=C/C=C(\C)CCc1cccc(OCC2=C(/C=C/C(N)=O)C=CCC=C2)c1. The van der Waals surface area contributed by atoms with E-state index in [0.29, 0.717) is 6.61 Å². The zero-order valence-corrected chi connectivity index (χ0v) is 19.2. The smallest absolute Gasteiger partial charge is 0.241 e. The lowest BCUT2D eigenvalue weighted by Gasteiger charge is -2.10. The number of nitrogens with two attached hydrogens (primary N) is 1. The van der Waals surface area contributed by atoms with Crippen molar-refractivity contribution < 1.29 is 9.53 Å². The third-order valence-corrected chi connectivity index (χ3v) is 5.39. The van der Waals surface area contributed by atoms with Gasteiger partial charge < -0.3 is 10.5 Å². The van der Waals surface area contributed by atoms with Crippen molar-refractivity contribution in [1.29, 1.82) is 0 Å². The number of hydrogen-bond acceptors (Lipinski definition) is 2. The number of primary amides is 1. The Labute approximate surface area is 196 Å². The number of carbonyl (C=O) groups excluding carboxylic acids is 1. The molecular formula is C30H31NO2. The third kappa shape index (κ3) is 7.97. The van der Waals surface area contributed by atoms with Crippen LogP contribution in [0.3, 0.4) is 0 Å². The van der Waals surface area contributed by atoms with Gasteiger partial charge in [0.25, 0.3) is 0 Å². The molecule has 0 saturated heterocycles. The summed E-state index contributed by atoms with van der Waals surface area (Å²) in [7, 11) is 0. The van der Waals surface area contributed by atoms with Gasteiger partial charge in [-0.2, -0.15) is 0 Å². The van der Waals surface area contributed by atoms with Gasteiger partial charge in [-0.1, -0.05) is 85.0 Å². The maximum Gasteiger partial charge on any atom is 0.241 e. The molecule has 0 fully saturated rings. The summed E-state index contributed by atoms with van der Waals surface area (Å²) < 4.78 is 6.08. The molecule has 3 heteroatoms. The van der Waals surface area contributed by atoms with Gasteiger partial charge in [-0.05, 0) is 71.5 Å². The van der Waals surface area contributed by atoms with Crippen LogP contribution in [0.15, 0.2) is 108 Å². The first-order valence-electron chi connectivity index (χ1n) is 11.2. The van der Waals surface area contributed by atoms with Crippen molar-refractivity contribution >= 4 is 18.6 Å². The summed E-state index contributed by atoms with van der Waals surface area (Å²) in [6, 6.07) is 16.4. The molecule has 0 unspecified atom stereocenters. The summed E-state index contributed by atoms with van der Waals surface area (Å²) in [5.74, 6) is 0.369. The molecule has 3 rings (SSSR count). The summed E-state index contributed by atoms with van der Waals surface area (Å²) in [4.78, 5) is 11.1. The Kier molecular flexibility index (Phi) is 8.84. The van der Waals surface area contributed by atoms with Crippen LogP contribution in [0.25, 0.3) is 12.7 Å². The monoisotopic (exact) mass is 437 g/mol. The molecule has 168 valence electrons. The normalized spacial score (nSPS) is 14.7. The molecule has 0 saturated carbocycles. The largest absolute Gasteiger partial charge is 0.489 e. The second-order valence-corrected chi connectivity index (χ2v) is 8.07. The lowest BCUT2D eigenvalue weighted by Crippen LogP contribution is -2.21. The first-order chi connectivity index (χ1) is 16.0. The number of hydrogen-bond donors (Lipinski definition) is 1. The molecule has 2 aromatic rings. The summed E-state index contributed by atoms with van der Waals surface area (Å²) in [5, 5.41) is 2.18. The zero-order chi connectivity index (χ0) is 23.5. The Balaban J connectivity index is 1.63. The maximum absolute atomic E-state index is 11.1. The lowest BCUT2D eigenvalue weighted by atomic mass is 10.0. The summed E-state index contributed by atoms with van der Waals surface area (Å²) in [6.07, 6.45) is 18.3. The fourth-order valence-electron chi connectivity index (χ4n) is 3.46. The van der Waals surface area contributed by atoms with Gasteiger partial charge in [0.2, 0.25) is 5.91 Å². The molecule has 0 atom stereocenters. The topological polar surface area (TPSA) is 52.3 Å². The van der Waals surface area contributed by atoms with Crippen molar-refractivity contribution in [3.05, 3.63) is 124 Å². The van der Waals surface area contributed by atoms with E-state index in [1.807, 2.05) is 48.6 Å². The second-order valence-electron chi connectivity index (χ2n) is 8.07. The van der Waals surface area contributed by atoms with E-state index in [1.165, 1.54) is 17.2 Å². The van der Waals surface area contributed by atoms with Crippen molar-refractivity contribution in [2.75, 3.05) is 6.61 Å². The highest BCUT2D eigenvalue weighted by molar-refractivity contribution is 5.86. The predicted octanol–water partition coefficient (Wildman–Crippen LogP) is 4.69. The van der Waals surface area contributed by atoms with Crippen molar-refractivity contribution in [3.63, 3.8) is 0 Å². The van der Waals surface area contributed by atoms with E-state index in [4.69, 9.17) is 10.5 Å². The Hall–Kier alpha value is -3.85. The van der Waals surface area contributed by atoms with Crippen LogP contribution in [0.2, 0.25) is 0 Å². The maximum atomic E-state index is 11.1. The van der Waals surface area contributed by atoms with Crippen LogP contribution < -0.4 is 20.9 Å². The molecule has 0 heterocycles. The number of aryl methyl sites for hydroxylation is 1. The molecule has 2 aromatic carbocycles. The fourth-order valence-corrected chi connectivity index (χ4v) is 3.46. The highest BCUT2D eigenvalue weighted by Gasteiger charge is 2.05. The highest BCUT2D eigenvalue weighted by Crippen LogP contribution is 2.20. The quantitative estimate of drug-likeness (QED) is 0.579. The molecule has 0 aliphatic heterocycles. The summed E-state index contributed by atoms with van der Waals surface area (Å²) >= 11 is 0. The molecule has 1 aliphatic carbocycles. The van der Waals surface area contributed by atoms with E-state index in [0.717, 1.165) is 46.6 Å². The Bertz CT molecular complexity index is 1240. The minimum atomic E-state index is -0.463. The molecule has 0 bridgehead atoms. The molecule has 3 nitrogen and oxygen atoms in total. The van der Waals surface area contributed by atoms with E-state index in [9.17, 15) is 4.79 Å². The predicted molar refractivity (Wildman–Crippen MR) is 138 cm³/mol. The molecular weight excluding hydrogens is 406 g/mol. The van der Waals surface area contributed by atoms with Crippen LogP contribution in [0, 0.1) is 0 Å². The van der Waals surface area contributed by atoms with Gasteiger partial charge in [-0.3, -0.25) is 4.79 Å². The van der Waals surface area contributed by atoms with E-state index >= 15 is 0 Å². The third-order valence-electron chi connectivity index (χ3n) is 5.39. The van der Waals surface area contributed by atoms with Gasteiger partial charge in [0.05, 0.1) is 0 Å². The highest BCUT2D eigenvalue weighted by atomic mass is 16.5. The number of rotatable bonds is 9. The Morgan fingerprint density at radius 2 is 1.94 bits per heavy atom. The summed E-state index contributed by atoms with van der Waals surface area (Å²) in [5.41, 5.74) is 9.74. The molecule has 2 N–H and O–H groups in total. The minimum absolute atomic E-state index is 0.418. The molecule has 0 aromatic heterocycles. The average Bonchev–Trinajstić information content (AvgIpc) is 3.05. The number of amides is 1. The zero-order valence-electron chi connectivity index (χ0n) is 19.2. The molecule has 1 aliphatic rings. The standard InChI is InChI=1S/C30H31NO2/c1-23(16-18-26-11-7-6-9-24(26)2)15-17-25-10-8-14-29(21-25)33-22-28-13-5-3-4-12-27(28)19-20-30(31)32/h4-14,16,18-21H,2-3,15,17,22H2,1H3,(H2,31,32)/b20-19+,23-16+,26-18-. The number of benzene rings is 2. The van der Waals surface area contributed by atoms with Gasteiger partial charge in [0.1, 0.15) is 12.4 Å². The lowest BCUT2D eigenvalue weighted by molar-refractivity contribution is -0.113. The molecule has 33 heavy (non-hydrogen) atoms. The van der Waals surface area contributed by atoms with Gasteiger partial charge in [-0.15, -0.1) is 0 Å². The molecule has 1 amide bonds. The second kappa shape index (κ2) is 12.3. The van der Waals surface area contributed by atoms with Gasteiger partial charge >= 0.3 is 0 Å². The first kappa shape index (κ1) is 23.8. The van der Waals surface area contributed by atoms with Crippen molar-refractivity contribution in [2.24, 2.45) is 5.73 Å². The number of ether oxygens (including phenoxy) is 1. The number of allylic oxidation sites excluding steroid dienone is 7. The number of carbonyl (C=O) groups is 1. The van der Waals surface area contributed by atoms with Crippen LogP contribution in [0.1, 0.15) is 25.3 Å².